The van der Waals surface area contributed by atoms with Gasteiger partial charge in [-0.1, -0.05) is 6.92 Å². The summed E-state index contributed by atoms with van der Waals surface area (Å²) in [6, 6.07) is 0. The SMILES string of the molecule is CCC=C1N=c2cnc(C)nc2=N1. The van der Waals surface area contributed by atoms with E-state index in [0.717, 1.165) is 23.4 Å². The van der Waals surface area contributed by atoms with E-state index in [1.54, 1.807) is 6.20 Å². The average molecular weight is 174 g/mol. The lowest BCUT2D eigenvalue weighted by Crippen LogP contribution is -2.26. The maximum Gasteiger partial charge on any atom is 0.183 e. The van der Waals surface area contributed by atoms with Gasteiger partial charge in [-0.15, -0.1) is 0 Å². The van der Waals surface area contributed by atoms with Crippen molar-refractivity contribution < 1.29 is 0 Å². The molecule has 0 unspecified atom stereocenters. The van der Waals surface area contributed by atoms with E-state index in [1.165, 1.54) is 0 Å². The Hall–Kier alpha value is -1.58. The molecule has 2 heterocycles. The van der Waals surface area contributed by atoms with E-state index in [9.17, 15) is 0 Å². The van der Waals surface area contributed by atoms with Crippen LogP contribution in [-0.2, 0) is 0 Å². The van der Waals surface area contributed by atoms with Gasteiger partial charge in [0.2, 0.25) is 0 Å². The second kappa shape index (κ2) is 3.05. The van der Waals surface area contributed by atoms with Gasteiger partial charge in [-0.25, -0.2) is 20.0 Å². The molecule has 0 saturated heterocycles. The van der Waals surface area contributed by atoms with Crippen LogP contribution in [0.15, 0.2) is 28.1 Å². The third-order valence-electron chi connectivity index (χ3n) is 1.71. The fourth-order valence-electron chi connectivity index (χ4n) is 1.14. The Balaban J connectivity index is 2.61. The van der Waals surface area contributed by atoms with Crippen LogP contribution < -0.4 is 10.8 Å². The third kappa shape index (κ3) is 1.47. The van der Waals surface area contributed by atoms with E-state index >= 15 is 0 Å². The summed E-state index contributed by atoms with van der Waals surface area (Å²) in [6.45, 7) is 3.90. The van der Waals surface area contributed by atoms with Crippen LogP contribution in [0.4, 0.5) is 0 Å². The number of rotatable bonds is 1. The van der Waals surface area contributed by atoms with Crippen LogP contribution in [0, 0.1) is 6.92 Å². The quantitative estimate of drug-likeness (QED) is 0.614. The van der Waals surface area contributed by atoms with E-state index in [-0.39, 0.29) is 0 Å². The molecule has 66 valence electrons. The van der Waals surface area contributed by atoms with Gasteiger partial charge in [0.15, 0.2) is 11.3 Å². The van der Waals surface area contributed by atoms with Crippen molar-refractivity contribution in [3.8, 4) is 0 Å². The molecule has 0 atom stereocenters. The Labute approximate surface area is 75.8 Å². The maximum atomic E-state index is 4.25. The second-order valence-corrected chi connectivity index (χ2v) is 2.82. The summed E-state index contributed by atoms with van der Waals surface area (Å²) in [6.07, 6.45) is 4.61. The van der Waals surface area contributed by atoms with Gasteiger partial charge < -0.3 is 0 Å². The minimum absolute atomic E-state index is 0.687. The van der Waals surface area contributed by atoms with Crippen molar-refractivity contribution in [3.63, 3.8) is 0 Å². The average Bonchev–Trinajstić information content (AvgIpc) is 2.46. The van der Waals surface area contributed by atoms with Crippen molar-refractivity contribution in [2.24, 2.45) is 9.98 Å². The molecule has 0 saturated carbocycles. The second-order valence-electron chi connectivity index (χ2n) is 2.82. The number of fused-ring (bicyclic) bond motifs is 1. The summed E-state index contributed by atoms with van der Waals surface area (Å²) >= 11 is 0. The fourth-order valence-corrected chi connectivity index (χ4v) is 1.14. The smallest absolute Gasteiger partial charge is 0.183 e. The van der Waals surface area contributed by atoms with Gasteiger partial charge in [-0.3, -0.25) is 0 Å². The highest BCUT2D eigenvalue weighted by atomic mass is 15.1. The molecule has 1 aromatic rings. The number of aryl methyl sites for hydroxylation is 1. The monoisotopic (exact) mass is 174 g/mol. The van der Waals surface area contributed by atoms with Crippen LogP contribution in [0.25, 0.3) is 0 Å². The largest absolute Gasteiger partial charge is 0.239 e. The van der Waals surface area contributed by atoms with Gasteiger partial charge in [-0.05, 0) is 19.4 Å². The molecule has 0 N–H and O–H groups in total. The lowest BCUT2D eigenvalue weighted by atomic mass is 10.4. The molecule has 0 aromatic carbocycles. The topological polar surface area (TPSA) is 50.5 Å². The molecular weight excluding hydrogens is 164 g/mol. The Morgan fingerprint density at radius 2 is 2.23 bits per heavy atom. The standard InChI is InChI=1S/C9H10N4/c1-3-4-8-12-7-5-10-6(2)11-9(7)13-8/h4-5H,3H2,1-2H3. The van der Waals surface area contributed by atoms with Gasteiger partial charge in [0.1, 0.15) is 11.2 Å². The van der Waals surface area contributed by atoms with Crippen molar-refractivity contribution in [3.05, 3.63) is 34.8 Å². The molecule has 0 bridgehead atoms. The molecule has 1 aromatic heterocycles. The van der Waals surface area contributed by atoms with E-state index in [1.807, 2.05) is 13.0 Å². The molecule has 4 heteroatoms. The van der Waals surface area contributed by atoms with Crippen LogP contribution >= 0.6 is 0 Å². The molecule has 2 rings (SSSR count). The molecule has 13 heavy (non-hydrogen) atoms. The van der Waals surface area contributed by atoms with Crippen molar-refractivity contribution in [2.75, 3.05) is 0 Å². The normalized spacial score (nSPS) is 16.6. The summed E-state index contributed by atoms with van der Waals surface area (Å²) in [5, 5.41) is 0.769. The molecule has 4 nitrogen and oxygen atoms in total. The lowest BCUT2D eigenvalue weighted by Gasteiger charge is -1.84. The molecule has 0 amide bonds. The fraction of sp³-hybridized carbons (Fsp3) is 0.333. The first-order valence-electron chi connectivity index (χ1n) is 4.27. The molecule has 0 fully saturated rings. The minimum Gasteiger partial charge on any atom is -0.239 e. The molecular formula is C9H10N4. The van der Waals surface area contributed by atoms with Gasteiger partial charge in [0.25, 0.3) is 0 Å². The van der Waals surface area contributed by atoms with Crippen molar-refractivity contribution >= 4 is 0 Å². The Morgan fingerprint density at radius 1 is 1.38 bits per heavy atom. The van der Waals surface area contributed by atoms with E-state index in [0.29, 0.717) is 5.49 Å². The zero-order valence-electron chi connectivity index (χ0n) is 7.65. The van der Waals surface area contributed by atoms with Gasteiger partial charge >= 0.3 is 0 Å². The molecule has 0 radical (unpaired) electrons. The van der Waals surface area contributed by atoms with Crippen LogP contribution in [-0.4, -0.2) is 9.97 Å². The summed E-state index contributed by atoms with van der Waals surface area (Å²) in [5.74, 6) is 1.48. The third-order valence-corrected chi connectivity index (χ3v) is 1.71. The minimum atomic E-state index is 0.687. The Kier molecular flexibility index (Phi) is 1.88. The Morgan fingerprint density at radius 3 is 3.00 bits per heavy atom. The number of hydrogen-bond donors (Lipinski definition) is 0. The predicted molar refractivity (Wildman–Crippen MR) is 47.5 cm³/mol. The summed E-state index contributed by atoms with van der Waals surface area (Å²) in [7, 11) is 0. The number of hydrogen-bond acceptors (Lipinski definition) is 4. The summed E-state index contributed by atoms with van der Waals surface area (Å²) < 4.78 is 0. The van der Waals surface area contributed by atoms with Crippen molar-refractivity contribution in [1.82, 2.24) is 9.97 Å². The summed E-state index contributed by atoms with van der Waals surface area (Å²) in [4.78, 5) is 16.7. The highest BCUT2D eigenvalue weighted by molar-refractivity contribution is 5.06. The van der Waals surface area contributed by atoms with E-state index in [2.05, 4.69) is 26.9 Å². The number of nitrogens with zero attached hydrogens (tertiary/aromatic N) is 4. The number of allylic oxidation sites excluding steroid dienone is 1. The molecule has 0 aliphatic carbocycles. The first-order chi connectivity index (χ1) is 6.29. The van der Waals surface area contributed by atoms with Crippen molar-refractivity contribution in [1.29, 1.82) is 0 Å². The molecule has 1 aliphatic heterocycles. The molecule has 0 spiro atoms. The number of aromatic nitrogens is 2. The lowest BCUT2D eigenvalue weighted by molar-refractivity contribution is 0.975. The van der Waals surface area contributed by atoms with Crippen LogP contribution in [0.5, 0.6) is 0 Å². The van der Waals surface area contributed by atoms with Crippen LogP contribution in [0.3, 0.4) is 0 Å². The summed E-state index contributed by atoms with van der Waals surface area (Å²) in [5.41, 5.74) is 0.687. The van der Waals surface area contributed by atoms with Crippen LogP contribution in [0.1, 0.15) is 19.2 Å². The van der Waals surface area contributed by atoms with E-state index in [4.69, 9.17) is 0 Å². The van der Waals surface area contributed by atoms with Gasteiger partial charge in [-0.2, -0.15) is 0 Å². The molecule has 1 aliphatic rings. The maximum absolute atomic E-state index is 4.25. The zero-order chi connectivity index (χ0) is 9.26. The van der Waals surface area contributed by atoms with E-state index < -0.39 is 0 Å². The Bertz CT molecular complexity index is 473. The first kappa shape index (κ1) is 8.04. The first-order valence-corrected chi connectivity index (χ1v) is 4.27. The highest BCUT2D eigenvalue weighted by Crippen LogP contribution is 1.99. The highest BCUT2D eigenvalue weighted by Gasteiger charge is 2.02. The van der Waals surface area contributed by atoms with Crippen LogP contribution in [0.2, 0.25) is 0 Å². The van der Waals surface area contributed by atoms with Gasteiger partial charge in [0.05, 0.1) is 6.20 Å². The zero-order valence-corrected chi connectivity index (χ0v) is 7.65. The predicted octanol–water partition coefficient (Wildman–Crippen LogP) is 0.289. The van der Waals surface area contributed by atoms with Crippen molar-refractivity contribution in [2.45, 2.75) is 20.3 Å². The van der Waals surface area contributed by atoms with Gasteiger partial charge in [0, 0.05) is 0 Å².